The van der Waals surface area contributed by atoms with Crippen molar-refractivity contribution in [3.8, 4) is 6.07 Å². The molecule has 0 N–H and O–H groups in total. The van der Waals surface area contributed by atoms with Crippen molar-refractivity contribution in [1.29, 1.82) is 5.26 Å². The van der Waals surface area contributed by atoms with Crippen LogP contribution in [0.1, 0.15) is 24.8 Å². The molecule has 2 unspecified atom stereocenters. The zero-order valence-electron chi connectivity index (χ0n) is 8.36. The van der Waals surface area contributed by atoms with Gasteiger partial charge in [-0.15, -0.1) is 0 Å². The summed E-state index contributed by atoms with van der Waals surface area (Å²) in [5.74, 6) is 0.249. The van der Waals surface area contributed by atoms with Gasteiger partial charge in [-0.3, -0.25) is 0 Å². The van der Waals surface area contributed by atoms with Gasteiger partial charge in [-0.05, 0) is 34.8 Å². The summed E-state index contributed by atoms with van der Waals surface area (Å²) < 4.78 is 11.1. The Morgan fingerprint density at radius 1 is 1.43 bits per heavy atom. The Morgan fingerprint density at radius 3 is 2.43 bits per heavy atom. The lowest BCUT2D eigenvalue weighted by Crippen LogP contribution is -1.98. The number of hydrogen-bond acceptors (Lipinski definition) is 2. The minimum atomic E-state index is -0.919. The van der Waals surface area contributed by atoms with E-state index in [0.717, 1.165) is 10.5 Å². The van der Waals surface area contributed by atoms with E-state index in [-0.39, 0.29) is 5.92 Å². The molecule has 0 bridgehead atoms. The molecule has 0 aliphatic carbocycles. The Kier molecular flexibility index (Phi) is 3.99. The highest BCUT2D eigenvalue weighted by atomic mass is 32.2. The minimum absolute atomic E-state index is 0.249. The first-order valence-corrected chi connectivity index (χ1v) is 6.01. The predicted octanol–water partition coefficient (Wildman–Crippen LogP) is 2.44. The van der Waals surface area contributed by atoms with Gasteiger partial charge in [0.2, 0.25) is 0 Å². The van der Waals surface area contributed by atoms with Gasteiger partial charge >= 0.3 is 0 Å². The predicted molar refractivity (Wildman–Crippen MR) is 57.4 cm³/mol. The quantitative estimate of drug-likeness (QED) is 0.715. The largest absolute Gasteiger partial charge is 0.612 e. The molecule has 0 aliphatic rings. The van der Waals surface area contributed by atoms with Gasteiger partial charge in [0.1, 0.15) is 6.26 Å². The molecule has 74 valence electrons. The Hall–Kier alpha value is -0.980. The SMILES string of the molecule is CC(CC#N)c1ccc([S+](C)[O-])cc1. The summed E-state index contributed by atoms with van der Waals surface area (Å²) in [6, 6.07) is 9.75. The first-order valence-electron chi connectivity index (χ1n) is 4.45. The van der Waals surface area contributed by atoms with Crippen LogP contribution < -0.4 is 0 Å². The lowest BCUT2D eigenvalue weighted by molar-refractivity contribution is 0.600. The first-order chi connectivity index (χ1) is 6.65. The van der Waals surface area contributed by atoms with Crippen LogP contribution >= 0.6 is 0 Å². The van der Waals surface area contributed by atoms with Crippen molar-refractivity contribution in [1.82, 2.24) is 0 Å². The third-order valence-corrected chi connectivity index (χ3v) is 3.11. The van der Waals surface area contributed by atoms with E-state index in [2.05, 4.69) is 6.07 Å². The summed E-state index contributed by atoms with van der Waals surface area (Å²) in [6.45, 7) is 2.02. The van der Waals surface area contributed by atoms with Crippen LogP contribution in [0.2, 0.25) is 0 Å². The number of nitriles is 1. The van der Waals surface area contributed by atoms with Crippen molar-refractivity contribution >= 4 is 11.2 Å². The highest BCUT2D eigenvalue weighted by Crippen LogP contribution is 2.20. The molecule has 1 aromatic carbocycles. The lowest BCUT2D eigenvalue weighted by Gasteiger charge is -2.08. The fourth-order valence-corrected chi connectivity index (χ4v) is 1.76. The van der Waals surface area contributed by atoms with Gasteiger partial charge in [0.05, 0.1) is 6.07 Å². The zero-order chi connectivity index (χ0) is 10.6. The second kappa shape index (κ2) is 5.04. The lowest BCUT2D eigenvalue weighted by atomic mass is 9.99. The summed E-state index contributed by atoms with van der Waals surface area (Å²) in [4.78, 5) is 0.831. The molecule has 0 fully saturated rings. The first kappa shape index (κ1) is 11.1. The Labute approximate surface area is 87.7 Å². The van der Waals surface area contributed by atoms with Crippen molar-refractivity contribution < 1.29 is 4.55 Å². The highest BCUT2D eigenvalue weighted by molar-refractivity contribution is 7.90. The maximum absolute atomic E-state index is 11.1. The van der Waals surface area contributed by atoms with E-state index in [0.29, 0.717) is 6.42 Å². The molecular weight excluding hydrogens is 194 g/mol. The molecule has 0 saturated carbocycles. The maximum Gasteiger partial charge on any atom is 0.152 e. The molecule has 0 aromatic heterocycles. The Morgan fingerprint density at radius 2 is 2.00 bits per heavy atom. The van der Waals surface area contributed by atoms with E-state index in [1.807, 2.05) is 31.2 Å². The van der Waals surface area contributed by atoms with Gasteiger partial charge in [0.15, 0.2) is 4.90 Å². The third-order valence-electron chi connectivity index (χ3n) is 2.18. The molecule has 0 saturated heterocycles. The van der Waals surface area contributed by atoms with E-state index in [1.165, 1.54) is 0 Å². The summed E-state index contributed by atoms with van der Waals surface area (Å²) in [6.07, 6.45) is 2.18. The van der Waals surface area contributed by atoms with Crippen molar-refractivity contribution in [3.63, 3.8) is 0 Å². The molecule has 0 heterocycles. The van der Waals surface area contributed by atoms with E-state index in [4.69, 9.17) is 5.26 Å². The number of rotatable bonds is 3. The summed E-state index contributed by atoms with van der Waals surface area (Å²) in [5, 5.41) is 8.54. The van der Waals surface area contributed by atoms with Crippen LogP contribution in [0.4, 0.5) is 0 Å². The van der Waals surface area contributed by atoms with Crippen LogP contribution in [0.25, 0.3) is 0 Å². The Balaban J connectivity index is 2.78. The zero-order valence-corrected chi connectivity index (χ0v) is 9.17. The smallest absolute Gasteiger partial charge is 0.152 e. The molecule has 0 radical (unpaired) electrons. The molecule has 0 spiro atoms. The topological polar surface area (TPSA) is 46.8 Å². The molecule has 3 heteroatoms. The van der Waals surface area contributed by atoms with Crippen LogP contribution in [0.3, 0.4) is 0 Å². The van der Waals surface area contributed by atoms with Crippen molar-refractivity contribution in [3.05, 3.63) is 29.8 Å². The molecular formula is C11H13NOS. The van der Waals surface area contributed by atoms with E-state index in [1.54, 1.807) is 6.26 Å². The molecule has 14 heavy (non-hydrogen) atoms. The van der Waals surface area contributed by atoms with E-state index < -0.39 is 11.2 Å². The van der Waals surface area contributed by atoms with Crippen LogP contribution in [0, 0.1) is 11.3 Å². The number of benzene rings is 1. The highest BCUT2D eigenvalue weighted by Gasteiger charge is 2.07. The van der Waals surface area contributed by atoms with Gasteiger partial charge in [-0.1, -0.05) is 19.1 Å². The normalized spacial score (nSPS) is 14.4. The molecule has 1 aromatic rings. The summed E-state index contributed by atoms with van der Waals surface area (Å²) in [5.41, 5.74) is 1.13. The average Bonchev–Trinajstić information content (AvgIpc) is 2.18. The molecule has 0 aliphatic heterocycles. The van der Waals surface area contributed by atoms with Crippen molar-refractivity contribution in [2.45, 2.75) is 24.2 Å². The van der Waals surface area contributed by atoms with Crippen LogP contribution in [-0.2, 0) is 11.2 Å². The van der Waals surface area contributed by atoms with Gasteiger partial charge in [0, 0.05) is 6.42 Å². The van der Waals surface area contributed by atoms with Crippen molar-refractivity contribution in [2.75, 3.05) is 6.26 Å². The Bertz CT molecular complexity index is 326. The van der Waals surface area contributed by atoms with Crippen LogP contribution in [0.5, 0.6) is 0 Å². The minimum Gasteiger partial charge on any atom is -0.612 e. The molecule has 2 atom stereocenters. The maximum atomic E-state index is 11.1. The fourth-order valence-electron chi connectivity index (χ4n) is 1.24. The molecule has 2 nitrogen and oxygen atoms in total. The standard InChI is InChI=1S/C11H13NOS/c1-9(7-8-12)10-3-5-11(6-4-10)14(2)13/h3-6,9H,7H2,1-2H3. The van der Waals surface area contributed by atoms with Gasteiger partial charge < -0.3 is 4.55 Å². The van der Waals surface area contributed by atoms with Crippen LogP contribution in [-0.4, -0.2) is 10.8 Å². The summed E-state index contributed by atoms with van der Waals surface area (Å²) >= 11 is -0.919. The average molecular weight is 207 g/mol. The van der Waals surface area contributed by atoms with Crippen LogP contribution in [0.15, 0.2) is 29.2 Å². The van der Waals surface area contributed by atoms with Crippen molar-refractivity contribution in [2.24, 2.45) is 0 Å². The fraction of sp³-hybridized carbons (Fsp3) is 0.364. The van der Waals surface area contributed by atoms with Gasteiger partial charge in [0.25, 0.3) is 0 Å². The monoisotopic (exact) mass is 207 g/mol. The number of hydrogen-bond donors (Lipinski definition) is 0. The second-order valence-corrected chi connectivity index (χ2v) is 4.67. The van der Waals surface area contributed by atoms with Gasteiger partial charge in [-0.2, -0.15) is 5.26 Å². The third kappa shape index (κ3) is 2.76. The summed E-state index contributed by atoms with van der Waals surface area (Å²) in [7, 11) is 0. The molecule has 0 amide bonds. The van der Waals surface area contributed by atoms with E-state index >= 15 is 0 Å². The second-order valence-electron chi connectivity index (χ2n) is 3.29. The van der Waals surface area contributed by atoms with Gasteiger partial charge in [-0.25, -0.2) is 0 Å². The molecule has 1 rings (SSSR count). The number of nitrogens with zero attached hydrogens (tertiary/aromatic N) is 1. The van der Waals surface area contributed by atoms with E-state index in [9.17, 15) is 4.55 Å².